The molecule has 6 heteroatoms. The van der Waals surface area contributed by atoms with Crippen LogP contribution in [0.5, 0.6) is 0 Å². The molecule has 0 aliphatic carbocycles. The lowest BCUT2D eigenvalue weighted by Crippen LogP contribution is -2.17. The number of rotatable bonds is 6. The number of carbonyl (C=O) groups excluding carboxylic acids is 2. The quantitative estimate of drug-likeness (QED) is 0.524. The van der Waals surface area contributed by atoms with Crippen LogP contribution in [0, 0.1) is 0 Å². The molecule has 0 saturated heterocycles. The van der Waals surface area contributed by atoms with Crippen LogP contribution < -0.4 is 5.32 Å². The fourth-order valence-corrected chi connectivity index (χ4v) is 3.34. The molecule has 1 N–H and O–H groups in total. The van der Waals surface area contributed by atoms with E-state index in [2.05, 4.69) is 10.3 Å². The molecule has 0 atom stereocenters. The van der Waals surface area contributed by atoms with Crippen LogP contribution in [0.25, 0.3) is 10.9 Å². The second kappa shape index (κ2) is 8.49. The Hall–Kier alpha value is -2.86. The van der Waals surface area contributed by atoms with E-state index < -0.39 is 5.97 Å². The van der Waals surface area contributed by atoms with Crippen LogP contribution in [0.4, 0.5) is 5.69 Å². The van der Waals surface area contributed by atoms with E-state index in [1.54, 1.807) is 37.4 Å². The minimum Gasteiger partial charge on any atom is -0.462 e. The van der Waals surface area contributed by atoms with E-state index in [4.69, 9.17) is 4.74 Å². The molecule has 0 radical (unpaired) electrons. The SMILES string of the molecule is CCOC(=O)c1ccccc1NC(=O)CSc1cccc2cccnc12. The topological polar surface area (TPSA) is 68.3 Å². The minimum atomic E-state index is -0.450. The normalized spacial score (nSPS) is 10.5. The summed E-state index contributed by atoms with van der Waals surface area (Å²) in [6.07, 6.45) is 1.74. The van der Waals surface area contributed by atoms with Crippen molar-refractivity contribution in [3.05, 3.63) is 66.4 Å². The zero-order valence-corrected chi connectivity index (χ0v) is 15.1. The van der Waals surface area contributed by atoms with Crippen LogP contribution in [0.1, 0.15) is 17.3 Å². The number of benzene rings is 2. The van der Waals surface area contributed by atoms with Gasteiger partial charge in [0.1, 0.15) is 0 Å². The number of para-hydroxylation sites is 2. The van der Waals surface area contributed by atoms with Gasteiger partial charge in [0.15, 0.2) is 0 Å². The second-order valence-corrected chi connectivity index (χ2v) is 6.45. The first-order chi connectivity index (χ1) is 12.7. The van der Waals surface area contributed by atoms with Crippen molar-refractivity contribution in [2.45, 2.75) is 11.8 Å². The van der Waals surface area contributed by atoms with Gasteiger partial charge in [0, 0.05) is 16.5 Å². The lowest BCUT2D eigenvalue weighted by molar-refractivity contribution is -0.113. The van der Waals surface area contributed by atoms with E-state index in [0.29, 0.717) is 11.3 Å². The molecular weight excluding hydrogens is 348 g/mol. The maximum atomic E-state index is 12.4. The summed E-state index contributed by atoms with van der Waals surface area (Å²) < 4.78 is 5.02. The summed E-state index contributed by atoms with van der Waals surface area (Å²) in [5, 5.41) is 3.82. The van der Waals surface area contributed by atoms with Crippen molar-refractivity contribution in [1.29, 1.82) is 0 Å². The smallest absolute Gasteiger partial charge is 0.340 e. The molecule has 1 amide bonds. The molecule has 0 unspecified atom stereocenters. The first kappa shape index (κ1) is 17.9. The summed E-state index contributed by atoms with van der Waals surface area (Å²) in [4.78, 5) is 29.7. The highest BCUT2D eigenvalue weighted by molar-refractivity contribution is 8.00. The summed E-state index contributed by atoms with van der Waals surface area (Å²) in [6, 6.07) is 16.6. The number of amides is 1. The number of anilines is 1. The number of esters is 1. The number of hydrogen-bond acceptors (Lipinski definition) is 5. The number of aromatic nitrogens is 1. The molecule has 0 saturated carbocycles. The summed E-state index contributed by atoms with van der Waals surface area (Å²) in [7, 11) is 0. The molecule has 0 fully saturated rings. The third-order valence-electron chi connectivity index (χ3n) is 3.65. The molecule has 0 aliphatic rings. The maximum absolute atomic E-state index is 12.4. The standard InChI is InChI=1S/C20H18N2O3S/c1-2-25-20(24)15-9-3-4-10-16(15)22-18(23)13-26-17-11-5-7-14-8-6-12-21-19(14)17/h3-12H,2,13H2,1H3,(H,22,23). The van der Waals surface area contributed by atoms with Gasteiger partial charge in [-0.25, -0.2) is 4.79 Å². The Morgan fingerprint density at radius 1 is 1.08 bits per heavy atom. The van der Waals surface area contributed by atoms with Gasteiger partial charge in [0.05, 0.1) is 29.1 Å². The van der Waals surface area contributed by atoms with E-state index in [0.717, 1.165) is 15.8 Å². The van der Waals surface area contributed by atoms with E-state index in [9.17, 15) is 9.59 Å². The Kier molecular flexibility index (Phi) is 5.86. The van der Waals surface area contributed by atoms with Gasteiger partial charge in [-0.05, 0) is 31.2 Å². The summed E-state index contributed by atoms with van der Waals surface area (Å²) in [5.74, 6) is -0.429. The van der Waals surface area contributed by atoms with Crippen LogP contribution in [-0.4, -0.2) is 29.2 Å². The predicted octanol–water partition coefficient (Wildman–Crippen LogP) is 4.14. The van der Waals surface area contributed by atoms with Gasteiger partial charge < -0.3 is 10.1 Å². The third-order valence-corrected chi connectivity index (χ3v) is 4.70. The lowest BCUT2D eigenvalue weighted by atomic mass is 10.2. The summed E-state index contributed by atoms with van der Waals surface area (Å²) in [5.41, 5.74) is 1.67. The number of hydrogen-bond donors (Lipinski definition) is 1. The first-order valence-electron chi connectivity index (χ1n) is 8.21. The van der Waals surface area contributed by atoms with Gasteiger partial charge in [-0.15, -0.1) is 11.8 Å². The van der Waals surface area contributed by atoms with Crippen molar-refractivity contribution in [3.63, 3.8) is 0 Å². The fraction of sp³-hybridized carbons (Fsp3) is 0.150. The third kappa shape index (κ3) is 4.21. The average Bonchev–Trinajstić information content (AvgIpc) is 2.67. The number of carbonyl (C=O) groups is 2. The molecule has 3 rings (SSSR count). The highest BCUT2D eigenvalue weighted by atomic mass is 32.2. The number of nitrogens with zero attached hydrogens (tertiary/aromatic N) is 1. The Morgan fingerprint density at radius 2 is 1.88 bits per heavy atom. The highest BCUT2D eigenvalue weighted by Crippen LogP contribution is 2.26. The van der Waals surface area contributed by atoms with Gasteiger partial charge in [-0.2, -0.15) is 0 Å². The number of nitrogens with one attached hydrogen (secondary N) is 1. The largest absolute Gasteiger partial charge is 0.462 e. The van der Waals surface area contributed by atoms with Crippen LogP contribution >= 0.6 is 11.8 Å². The lowest BCUT2D eigenvalue weighted by Gasteiger charge is -2.10. The average molecular weight is 366 g/mol. The Morgan fingerprint density at radius 3 is 2.73 bits per heavy atom. The molecule has 26 heavy (non-hydrogen) atoms. The minimum absolute atomic E-state index is 0.195. The summed E-state index contributed by atoms with van der Waals surface area (Å²) >= 11 is 1.41. The van der Waals surface area contributed by atoms with Crippen molar-refractivity contribution in [2.75, 3.05) is 17.7 Å². The Bertz CT molecular complexity index is 938. The van der Waals surface area contributed by atoms with Crippen molar-refractivity contribution in [3.8, 4) is 0 Å². The molecule has 5 nitrogen and oxygen atoms in total. The van der Waals surface area contributed by atoms with Crippen LogP contribution in [-0.2, 0) is 9.53 Å². The van der Waals surface area contributed by atoms with Crippen molar-refractivity contribution >= 4 is 40.2 Å². The van der Waals surface area contributed by atoms with E-state index in [1.807, 2.05) is 30.3 Å². The molecule has 0 bridgehead atoms. The van der Waals surface area contributed by atoms with Gasteiger partial charge >= 0.3 is 5.97 Å². The monoisotopic (exact) mass is 366 g/mol. The fourth-order valence-electron chi connectivity index (χ4n) is 2.50. The van der Waals surface area contributed by atoms with Crippen LogP contribution in [0.3, 0.4) is 0 Å². The highest BCUT2D eigenvalue weighted by Gasteiger charge is 2.14. The second-order valence-electron chi connectivity index (χ2n) is 5.43. The Balaban J connectivity index is 1.69. The number of ether oxygens (including phenoxy) is 1. The van der Waals surface area contributed by atoms with Crippen molar-refractivity contribution < 1.29 is 14.3 Å². The number of fused-ring (bicyclic) bond motifs is 1. The van der Waals surface area contributed by atoms with Gasteiger partial charge in [0.2, 0.25) is 5.91 Å². The molecular formula is C20H18N2O3S. The van der Waals surface area contributed by atoms with Crippen LogP contribution in [0.15, 0.2) is 65.7 Å². The molecule has 1 heterocycles. The zero-order valence-electron chi connectivity index (χ0n) is 14.3. The molecule has 132 valence electrons. The van der Waals surface area contributed by atoms with E-state index in [1.165, 1.54) is 11.8 Å². The van der Waals surface area contributed by atoms with Gasteiger partial charge in [-0.3, -0.25) is 9.78 Å². The van der Waals surface area contributed by atoms with E-state index in [-0.39, 0.29) is 18.3 Å². The Labute approximate surface area is 155 Å². The molecule has 1 aromatic heterocycles. The van der Waals surface area contributed by atoms with Crippen LogP contribution in [0.2, 0.25) is 0 Å². The number of thioether (sulfide) groups is 1. The predicted molar refractivity (Wildman–Crippen MR) is 103 cm³/mol. The zero-order chi connectivity index (χ0) is 18.4. The summed E-state index contributed by atoms with van der Waals surface area (Å²) in [6.45, 7) is 2.03. The molecule has 2 aromatic carbocycles. The van der Waals surface area contributed by atoms with Crippen molar-refractivity contribution in [1.82, 2.24) is 4.98 Å². The van der Waals surface area contributed by atoms with Gasteiger partial charge in [0.25, 0.3) is 0 Å². The van der Waals surface area contributed by atoms with Crippen molar-refractivity contribution in [2.24, 2.45) is 0 Å². The van der Waals surface area contributed by atoms with Gasteiger partial charge in [-0.1, -0.05) is 30.3 Å². The molecule has 0 spiro atoms. The first-order valence-corrected chi connectivity index (χ1v) is 9.20. The van der Waals surface area contributed by atoms with E-state index >= 15 is 0 Å². The maximum Gasteiger partial charge on any atom is 0.340 e. The number of pyridine rings is 1. The molecule has 0 aliphatic heterocycles. The molecule has 3 aromatic rings.